The average molecular weight is 265 g/mol. The van der Waals surface area contributed by atoms with Crippen LogP contribution in [0.3, 0.4) is 0 Å². The number of halogens is 2. The van der Waals surface area contributed by atoms with Crippen molar-refractivity contribution in [2.45, 2.75) is 13.1 Å². The molecule has 0 aromatic heterocycles. The van der Waals surface area contributed by atoms with E-state index in [4.69, 9.17) is 17.3 Å². The van der Waals surface area contributed by atoms with Crippen LogP contribution in [0.2, 0.25) is 5.02 Å². The molecule has 2 rings (SSSR count). The van der Waals surface area contributed by atoms with Gasteiger partial charge in [-0.2, -0.15) is 0 Å². The Bertz CT molecular complexity index is 526. The van der Waals surface area contributed by atoms with Gasteiger partial charge in [-0.1, -0.05) is 23.7 Å². The van der Waals surface area contributed by atoms with Crippen molar-refractivity contribution < 1.29 is 4.39 Å². The first-order valence-corrected chi connectivity index (χ1v) is 6.03. The third-order valence-corrected chi connectivity index (χ3v) is 2.92. The molecule has 4 heteroatoms. The van der Waals surface area contributed by atoms with E-state index >= 15 is 0 Å². The number of anilines is 1. The van der Waals surface area contributed by atoms with Crippen LogP contribution >= 0.6 is 11.6 Å². The smallest absolute Gasteiger partial charge is 0.128 e. The Kier molecular flexibility index (Phi) is 4.18. The molecular formula is C14H14ClFN2. The highest BCUT2D eigenvalue weighted by Gasteiger charge is 2.02. The summed E-state index contributed by atoms with van der Waals surface area (Å²) in [6.07, 6.45) is 0. The largest absolute Gasteiger partial charge is 0.381 e. The lowest BCUT2D eigenvalue weighted by molar-refractivity contribution is 0.613. The van der Waals surface area contributed by atoms with Gasteiger partial charge in [0.1, 0.15) is 5.82 Å². The minimum Gasteiger partial charge on any atom is -0.381 e. The number of nitrogens with one attached hydrogen (secondary N) is 1. The maximum atomic E-state index is 13.5. The van der Waals surface area contributed by atoms with E-state index < -0.39 is 0 Å². The van der Waals surface area contributed by atoms with Crippen molar-refractivity contribution in [2.24, 2.45) is 5.73 Å². The highest BCUT2D eigenvalue weighted by molar-refractivity contribution is 6.30. The molecule has 0 heterocycles. The summed E-state index contributed by atoms with van der Waals surface area (Å²) in [5, 5.41) is 3.67. The molecule has 0 saturated carbocycles. The SMILES string of the molecule is NCc1ccc(NCc2cc(Cl)ccc2F)cc1. The normalized spacial score (nSPS) is 10.4. The lowest BCUT2D eigenvalue weighted by atomic mass is 10.2. The van der Waals surface area contributed by atoms with Crippen LogP contribution < -0.4 is 11.1 Å². The van der Waals surface area contributed by atoms with Crippen LogP contribution in [0.1, 0.15) is 11.1 Å². The van der Waals surface area contributed by atoms with Crippen molar-refractivity contribution in [1.82, 2.24) is 0 Å². The predicted molar refractivity (Wildman–Crippen MR) is 73.1 cm³/mol. The van der Waals surface area contributed by atoms with Gasteiger partial charge in [0.2, 0.25) is 0 Å². The Labute approximate surface area is 111 Å². The third-order valence-electron chi connectivity index (χ3n) is 2.68. The second kappa shape index (κ2) is 5.85. The second-order valence-corrected chi connectivity index (χ2v) is 4.43. The molecule has 0 aliphatic carbocycles. The van der Waals surface area contributed by atoms with Crippen LogP contribution in [-0.2, 0) is 13.1 Å². The third kappa shape index (κ3) is 3.22. The first kappa shape index (κ1) is 12.9. The molecule has 18 heavy (non-hydrogen) atoms. The Morgan fingerprint density at radius 1 is 1.11 bits per heavy atom. The highest BCUT2D eigenvalue weighted by Crippen LogP contribution is 2.17. The molecule has 0 bridgehead atoms. The molecule has 0 spiro atoms. The number of hydrogen-bond acceptors (Lipinski definition) is 2. The molecule has 0 atom stereocenters. The molecule has 0 fully saturated rings. The molecule has 2 aromatic carbocycles. The molecule has 0 aliphatic rings. The van der Waals surface area contributed by atoms with Crippen LogP contribution in [0.5, 0.6) is 0 Å². The van der Waals surface area contributed by atoms with Crippen molar-refractivity contribution in [1.29, 1.82) is 0 Å². The zero-order valence-electron chi connectivity index (χ0n) is 9.79. The zero-order chi connectivity index (χ0) is 13.0. The standard InChI is InChI=1S/C14H14ClFN2/c15-12-3-6-14(16)11(7-12)9-18-13-4-1-10(8-17)2-5-13/h1-7,18H,8-9,17H2. The number of benzene rings is 2. The minimum absolute atomic E-state index is 0.259. The summed E-state index contributed by atoms with van der Waals surface area (Å²) >= 11 is 5.83. The van der Waals surface area contributed by atoms with E-state index in [1.807, 2.05) is 24.3 Å². The molecule has 0 aliphatic heterocycles. The lowest BCUT2D eigenvalue weighted by Crippen LogP contribution is -2.02. The summed E-state index contributed by atoms with van der Waals surface area (Å²) in [5.41, 5.74) is 8.05. The van der Waals surface area contributed by atoms with Gasteiger partial charge in [0.15, 0.2) is 0 Å². The summed E-state index contributed by atoms with van der Waals surface area (Å²) in [6.45, 7) is 0.914. The quantitative estimate of drug-likeness (QED) is 0.886. The fourth-order valence-corrected chi connectivity index (χ4v) is 1.83. The van der Waals surface area contributed by atoms with Crippen LogP contribution in [0, 0.1) is 5.82 Å². The second-order valence-electron chi connectivity index (χ2n) is 3.99. The van der Waals surface area contributed by atoms with E-state index in [0.717, 1.165) is 11.3 Å². The van der Waals surface area contributed by atoms with Gasteiger partial charge < -0.3 is 11.1 Å². The average Bonchev–Trinajstić information content (AvgIpc) is 2.40. The number of nitrogens with two attached hydrogens (primary N) is 1. The summed E-state index contributed by atoms with van der Waals surface area (Å²) < 4.78 is 13.5. The molecule has 3 N–H and O–H groups in total. The number of rotatable bonds is 4. The summed E-state index contributed by atoms with van der Waals surface area (Å²) in [6, 6.07) is 12.3. The molecule has 0 radical (unpaired) electrons. The molecule has 0 unspecified atom stereocenters. The van der Waals surface area contributed by atoms with E-state index in [9.17, 15) is 4.39 Å². The van der Waals surface area contributed by atoms with Gasteiger partial charge in [-0.3, -0.25) is 0 Å². The van der Waals surface area contributed by atoms with Crippen LogP contribution in [0.4, 0.5) is 10.1 Å². The summed E-state index contributed by atoms with van der Waals surface area (Å²) in [7, 11) is 0. The van der Waals surface area contributed by atoms with E-state index in [0.29, 0.717) is 23.7 Å². The molecule has 2 aromatic rings. The van der Waals surface area contributed by atoms with Crippen molar-refractivity contribution >= 4 is 17.3 Å². The van der Waals surface area contributed by atoms with Crippen molar-refractivity contribution in [3.63, 3.8) is 0 Å². The Balaban J connectivity index is 2.04. The van der Waals surface area contributed by atoms with Gasteiger partial charge in [0.05, 0.1) is 0 Å². The van der Waals surface area contributed by atoms with E-state index in [2.05, 4.69) is 5.32 Å². The van der Waals surface area contributed by atoms with Crippen molar-refractivity contribution in [2.75, 3.05) is 5.32 Å². The number of hydrogen-bond donors (Lipinski definition) is 2. The van der Waals surface area contributed by atoms with Crippen molar-refractivity contribution in [3.05, 3.63) is 64.4 Å². The van der Waals surface area contributed by atoms with Crippen LogP contribution in [0.15, 0.2) is 42.5 Å². The van der Waals surface area contributed by atoms with Gasteiger partial charge in [0, 0.05) is 29.4 Å². The van der Waals surface area contributed by atoms with Gasteiger partial charge in [-0.05, 0) is 35.9 Å². The maximum Gasteiger partial charge on any atom is 0.128 e. The first-order valence-electron chi connectivity index (χ1n) is 5.66. The monoisotopic (exact) mass is 264 g/mol. The fourth-order valence-electron chi connectivity index (χ4n) is 1.63. The lowest BCUT2D eigenvalue weighted by Gasteiger charge is -2.08. The molecule has 2 nitrogen and oxygen atoms in total. The molecule has 94 valence electrons. The maximum absolute atomic E-state index is 13.5. The highest BCUT2D eigenvalue weighted by atomic mass is 35.5. The topological polar surface area (TPSA) is 38.0 Å². The first-order chi connectivity index (χ1) is 8.69. The zero-order valence-corrected chi connectivity index (χ0v) is 10.5. The van der Waals surface area contributed by atoms with Gasteiger partial charge in [-0.15, -0.1) is 0 Å². The van der Waals surface area contributed by atoms with Gasteiger partial charge in [0.25, 0.3) is 0 Å². The summed E-state index contributed by atoms with van der Waals surface area (Å²) in [5.74, 6) is -0.259. The van der Waals surface area contributed by atoms with E-state index in [1.54, 1.807) is 6.07 Å². The van der Waals surface area contributed by atoms with Crippen LogP contribution in [-0.4, -0.2) is 0 Å². The molecule has 0 amide bonds. The fraction of sp³-hybridized carbons (Fsp3) is 0.143. The van der Waals surface area contributed by atoms with E-state index in [-0.39, 0.29) is 5.82 Å². The molecular weight excluding hydrogens is 251 g/mol. The Hall–Kier alpha value is -1.58. The Morgan fingerprint density at radius 3 is 2.50 bits per heavy atom. The Morgan fingerprint density at radius 2 is 1.83 bits per heavy atom. The van der Waals surface area contributed by atoms with Crippen LogP contribution in [0.25, 0.3) is 0 Å². The molecule has 0 saturated heterocycles. The van der Waals surface area contributed by atoms with E-state index in [1.165, 1.54) is 12.1 Å². The van der Waals surface area contributed by atoms with Gasteiger partial charge in [-0.25, -0.2) is 4.39 Å². The predicted octanol–water partition coefficient (Wildman–Crippen LogP) is 3.55. The van der Waals surface area contributed by atoms with Gasteiger partial charge >= 0.3 is 0 Å². The van der Waals surface area contributed by atoms with Crippen molar-refractivity contribution in [3.8, 4) is 0 Å². The summed E-state index contributed by atoms with van der Waals surface area (Å²) in [4.78, 5) is 0. The minimum atomic E-state index is -0.259.